The molecule has 0 unspecified atom stereocenters. The molecule has 11 heteroatoms. The van der Waals surface area contributed by atoms with E-state index in [1.807, 2.05) is 0 Å². The van der Waals surface area contributed by atoms with Gasteiger partial charge in [-0.2, -0.15) is 5.26 Å². The summed E-state index contributed by atoms with van der Waals surface area (Å²) in [6.45, 7) is 7.57. The number of aliphatic hydroxyl groups excluding tert-OH is 1. The van der Waals surface area contributed by atoms with Crippen molar-refractivity contribution in [2.45, 2.75) is 10.8 Å². The van der Waals surface area contributed by atoms with Crippen LogP contribution in [-0.4, -0.2) is 28.3 Å². The summed E-state index contributed by atoms with van der Waals surface area (Å²) in [7, 11) is 0. The number of nitrogens with two attached hydrogens (primary N) is 1. The van der Waals surface area contributed by atoms with E-state index in [0.29, 0.717) is 27.6 Å². The third-order valence-corrected chi connectivity index (χ3v) is 5.98. The van der Waals surface area contributed by atoms with Crippen molar-refractivity contribution in [1.82, 2.24) is 9.97 Å². The number of nitrogens with zero attached hydrogens (tertiary/aromatic N) is 4. The Morgan fingerprint density at radius 1 is 1.14 bits per heavy atom. The first kappa shape index (κ1) is 24.7. The average molecular weight is 506 g/mol. The Hall–Kier alpha value is -4.45. The van der Waals surface area contributed by atoms with Gasteiger partial charge >= 0.3 is 0 Å². The zero-order chi connectivity index (χ0) is 25.7. The number of rotatable bonds is 8. The van der Waals surface area contributed by atoms with Crippen molar-refractivity contribution in [3.05, 3.63) is 83.0 Å². The Morgan fingerprint density at radius 2 is 1.89 bits per heavy atom. The van der Waals surface area contributed by atoms with E-state index < -0.39 is 11.6 Å². The molecule has 0 aliphatic carbocycles. The topological polar surface area (TPSA) is 123 Å². The largest absolute Gasteiger partial charge is 0.491 e. The lowest BCUT2D eigenvalue weighted by Crippen LogP contribution is -2.02. The van der Waals surface area contributed by atoms with Gasteiger partial charge in [0.05, 0.1) is 24.4 Å². The maximum absolute atomic E-state index is 13.5. The van der Waals surface area contributed by atoms with Gasteiger partial charge in [0.15, 0.2) is 11.6 Å². The lowest BCUT2D eigenvalue weighted by Gasteiger charge is -2.13. The molecule has 2 heterocycles. The van der Waals surface area contributed by atoms with Gasteiger partial charge in [0.2, 0.25) is 11.6 Å². The second-order valence-electron chi connectivity index (χ2n) is 7.28. The molecule has 0 saturated heterocycles. The maximum Gasteiger partial charge on any atom is 0.236 e. The first-order valence-electron chi connectivity index (χ1n) is 10.4. The zero-order valence-electron chi connectivity index (χ0n) is 18.5. The summed E-state index contributed by atoms with van der Waals surface area (Å²) in [6, 6.07) is 12.2. The van der Waals surface area contributed by atoms with Crippen LogP contribution in [0.4, 0.5) is 20.3 Å². The van der Waals surface area contributed by atoms with Crippen LogP contribution in [0.25, 0.3) is 27.4 Å². The summed E-state index contributed by atoms with van der Waals surface area (Å²) in [5.74, 6) is -1.14. The van der Waals surface area contributed by atoms with Crippen LogP contribution in [0.2, 0.25) is 0 Å². The van der Waals surface area contributed by atoms with Crippen LogP contribution >= 0.6 is 11.8 Å². The first-order valence-corrected chi connectivity index (χ1v) is 11.4. The highest BCUT2D eigenvalue weighted by Gasteiger charge is 2.21. The average Bonchev–Trinajstić information content (AvgIpc) is 3.37. The molecule has 0 atom stereocenters. The van der Waals surface area contributed by atoms with Gasteiger partial charge in [0, 0.05) is 16.9 Å². The third kappa shape index (κ3) is 5.13. The maximum atomic E-state index is 13.5. The summed E-state index contributed by atoms with van der Waals surface area (Å²) >= 11 is 1.17. The Balaban J connectivity index is 1.63. The highest BCUT2D eigenvalue weighted by Crippen LogP contribution is 2.42. The predicted octanol–water partition coefficient (Wildman–Crippen LogP) is 5.35. The molecule has 0 fully saturated rings. The van der Waals surface area contributed by atoms with Gasteiger partial charge in [-0.1, -0.05) is 23.9 Å². The summed E-state index contributed by atoms with van der Waals surface area (Å²) in [4.78, 5) is 12.0. The van der Waals surface area contributed by atoms with Crippen molar-refractivity contribution >= 4 is 23.3 Å². The van der Waals surface area contributed by atoms with E-state index in [9.17, 15) is 14.0 Å². The number of pyridine rings is 1. The lowest BCUT2D eigenvalue weighted by molar-refractivity contribution is 0.201. The van der Waals surface area contributed by atoms with Gasteiger partial charge in [-0.15, -0.1) is 0 Å². The second kappa shape index (κ2) is 10.9. The van der Waals surface area contributed by atoms with Crippen LogP contribution in [0, 0.1) is 29.5 Å². The molecule has 0 amide bonds. The highest BCUT2D eigenvalue weighted by molar-refractivity contribution is 7.98. The molecule has 8 nitrogen and oxygen atoms in total. The van der Waals surface area contributed by atoms with Crippen molar-refractivity contribution < 1.29 is 23.0 Å². The summed E-state index contributed by atoms with van der Waals surface area (Å²) in [5.41, 5.74) is 7.97. The van der Waals surface area contributed by atoms with Crippen molar-refractivity contribution in [1.29, 1.82) is 5.26 Å². The van der Waals surface area contributed by atoms with Crippen molar-refractivity contribution in [3.8, 4) is 34.4 Å². The molecular formula is C25H17F2N5O3S. The number of nitrogen functional groups attached to an aromatic ring is 1. The number of hydrogen-bond acceptors (Lipinski definition) is 8. The number of oxazole rings is 1. The van der Waals surface area contributed by atoms with Crippen LogP contribution in [-0.2, 0) is 5.75 Å². The van der Waals surface area contributed by atoms with Crippen LogP contribution in [0.1, 0.15) is 11.3 Å². The molecule has 36 heavy (non-hydrogen) atoms. The lowest BCUT2D eigenvalue weighted by atomic mass is 10.00. The Morgan fingerprint density at radius 3 is 2.56 bits per heavy atom. The number of hydrogen-bond donors (Lipinski definition) is 2. The van der Waals surface area contributed by atoms with E-state index in [1.165, 1.54) is 24.1 Å². The van der Waals surface area contributed by atoms with E-state index in [4.69, 9.17) is 26.6 Å². The number of ether oxygens (including phenoxy) is 1. The van der Waals surface area contributed by atoms with Crippen molar-refractivity contribution in [3.63, 3.8) is 0 Å². The third-order valence-electron chi connectivity index (χ3n) is 4.97. The molecule has 0 bridgehead atoms. The molecular weight excluding hydrogens is 488 g/mol. The van der Waals surface area contributed by atoms with E-state index in [2.05, 4.69) is 20.9 Å². The smallest absolute Gasteiger partial charge is 0.236 e. The molecule has 0 aliphatic rings. The second-order valence-corrected chi connectivity index (χ2v) is 8.25. The molecule has 4 aromatic rings. The fourth-order valence-corrected chi connectivity index (χ4v) is 4.20. The molecule has 0 aliphatic heterocycles. The van der Waals surface area contributed by atoms with Gasteiger partial charge in [-0.05, 0) is 35.9 Å². The van der Waals surface area contributed by atoms with Crippen LogP contribution in [0.5, 0.6) is 5.75 Å². The Bertz CT molecular complexity index is 1490. The van der Waals surface area contributed by atoms with Crippen LogP contribution in [0.15, 0.2) is 58.2 Å². The number of nitriles is 1. The van der Waals surface area contributed by atoms with Crippen LogP contribution < -0.4 is 10.5 Å². The number of aliphatic hydroxyl groups is 1. The SMILES string of the molecule is [C-]#[N+]c1c(N)nc(SCc2coc(-c3ccc(F)c(F)c3)n2)c(C#N)c1-c1ccc(OCCO)cc1. The predicted molar refractivity (Wildman–Crippen MR) is 129 cm³/mol. The van der Waals surface area contributed by atoms with Gasteiger partial charge in [0.1, 0.15) is 35.5 Å². The number of anilines is 1. The summed E-state index contributed by atoms with van der Waals surface area (Å²) in [5, 5.41) is 19.2. The highest BCUT2D eigenvalue weighted by atomic mass is 32.2. The molecule has 2 aromatic heterocycles. The quantitative estimate of drug-likeness (QED) is 0.243. The van der Waals surface area contributed by atoms with Crippen molar-refractivity contribution in [2.75, 3.05) is 18.9 Å². The minimum Gasteiger partial charge on any atom is -0.491 e. The normalized spacial score (nSPS) is 10.6. The molecule has 0 spiro atoms. The monoisotopic (exact) mass is 505 g/mol. The fourth-order valence-electron chi connectivity index (χ4n) is 3.33. The minimum atomic E-state index is -1.01. The van der Waals surface area contributed by atoms with Crippen molar-refractivity contribution in [2.24, 2.45) is 0 Å². The van der Waals surface area contributed by atoms with E-state index in [1.54, 1.807) is 24.3 Å². The Kier molecular flexibility index (Phi) is 7.44. The molecule has 180 valence electrons. The van der Waals surface area contributed by atoms with Gasteiger partial charge in [0.25, 0.3) is 0 Å². The molecule has 0 saturated carbocycles. The molecule has 2 aromatic carbocycles. The number of aromatic nitrogens is 2. The van der Waals surface area contributed by atoms with Gasteiger partial charge < -0.3 is 20.0 Å². The molecule has 4 rings (SSSR count). The van der Waals surface area contributed by atoms with Gasteiger partial charge in [-0.25, -0.2) is 23.6 Å². The van der Waals surface area contributed by atoms with E-state index >= 15 is 0 Å². The fraction of sp³-hybridized carbons (Fsp3) is 0.120. The summed E-state index contributed by atoms with van der Waals surface area (Å²) in [6.07, 6.45) is 1.37. The standard InChI is InChI=1S/C25H17F2N5O3S/c1-30-22-21(14-2-5-17(6-3-14)34-9-8-33)18(11-28)25(32-23(22)29)36-13-16-12-35-24(31-16)15-4-7-19(26)20(27)10-15/h2-7,10,12,33H,8-9,13H2,(H2,29,32). The molecule has 0 radical (unpaired) electrons. The summed E-state index contributed by atoms with van der Waals surface area (Å²) < 4.78 is 37.5. The molecule has 3 N–H and O–H groups in total. The van der Waals surface area contributed by atoms with Crippen LogP contribution in [0.3, 0.4) is 0 Å². The zero-order valence-corrected chi connectivity index (χ0v) is 19.4. The Labute approximate surface area is 208 Å². The van der Waals surface area contributed by atoms with E-state index in [-0.39, 0.29) is 47.5 Å². The minimum absolute atomic E-state index is 0.0234. The number of benzene rings is 2. The van der Waals surface area contributed by atoms with E-state index in [0.717, 1.165) is 12.1 Å². The number of halogens is 2. The first-order chi connectivity index (χ1) is 17.4. The van der Waals surface area contributed by atoms with Gasteiger partial charge in [-0.3, -0.25) is 0 Å². The number of thioether (sulfide) groups is 1.